The first kappa shape index (κ1) is 29.1. The zero-order valence-electron chi connectivity index (χ0n) is 25.3. The van der Waals surface area contributed by atoms with Crippen molar-refractivity contribution >= 4 is 5.97 Å². The number of fused-ring (bicyclic) bond motifs is 1. The van der Waals surface area contributed by atoms with Gasteiger partial charge in [-0.05, 0) is 131 Å². The summed E-state index contributed by atoms with van der Waals surface area (Å²) in [4.78, 5) is 12.2. The number of carbonyl (C=O) groups excluding carboxylic acids is 1. The van der Waals surface area contributed by atoms with Crippen LogP contribution in [0.2, 0.25) is 0 Å². The average Bonchev–Trinajstić information content (AvgIpc) is 3.69. The van der Waals surface area contributed by atoms with E-state index in [1.54, 1.807) is 12.1 Å². The summed E-state index contributed by atoms with van der Waals surface area (Å²) in [5.74, 6) is 2.55. The Bertz CT molecular complexity index is 1730. The quantitative estimate of drug-likeness (QED) is 0.133. The molecule has 0 fully saturated rings. The highest BCUT2D eigenvalue weighted by Gasteiger charge is 2.24. The molecule has 1 aliphatic rings. The third-order valence-corrected chi connectivity index (χ3v) is 8.36. The largest absolute Gasteiger partial charge is 0.490 e. The van der Waals surface area contributed by atoms with Crippen molar-refractivity contribution in [2.75, 3.05) is 13.2 Å². The van der Waals surface area contributed by atoms with Gasteiger partial charge in [-0.2, -0.15) is 0 Å². The molecule has 0 saturated heterocycles. The predicted molar refractivity (Wildman–Crippen MR) is 168 cm³/mol. The summed E-state index contributed by atoms with van der Waals surface area (Å²) in [5, 5.41) is 14.3. The van der Waals surface area contributed by atoms with Crippen molar-refractivity contribution in [3.8, 4) is 22.6 Å². The zero-order chi connectivity index (χ0) is 30.5. The highest BCUT2D eigenvalue weighted by Crippen LogP contribution is 2.38. The molecule has 1 heterocycles. The number of tetrazole rings is 1. The standard InChI is InChI=1S/C36H36N4O4/c1-23-18-31(42-16-17-43-36(41)26-8-5-4-6-9-26)19-24(2)35(23)32-11-7-10-29(25(32)3)22-44-30-14-15-33-27(20-30)12-13-28(33)21-34-37-39-40-38-34/h4-11,14-15,18-20,28H,12-13,16-17,21-22H2,1-3H3,(H,37,38,39,40). The molecule has 0 aliphatic heterocycles. The first-order valence-corrected chi connectivity index (χ1v) is 15.0. The molecule has 5 aromatic rings. The molecule has 0 amide bonds. The third kappa shape index (κ3) is 6.49. The number of hydrogen-bond acceptors (Lipinski definition) is 7. The second-order valence-corrected chi connectivity index (χ2v) is 11.3. The van der Waals surface area contributed by atoms with Crippen LogP contribution >= 0.6 is 0 Å². The zero-order valence-corrected chi connectivity index (χ0v) is 25.3. The fraction of sp³-hybridized carbons (Fsp3) is 0.278. The van der Waals surface area contributed by atoms with Gasteiger partial charge < -0.3 is 14.2 Å². The fourth-order valence-electron chi connectivity index (χ4n) is 6.14. The van der Waals surface area contributed by atoms with Crippen LogP contribution in [0.5, 0.6) is 11.5 Å². The Hall–Kier alpha value is -4.98. The first-order valence-electron chi connectivity index (χ1n) is 15.0. The molecule has 4 aromatic carbocycles. The topological polar surface area (TPSA) is 99.2 Å². The van der Waals surface area contributed by atoms with Gasteiger partial charge in [0.1, 0.15) is 37.1 Å². The van der Waals surface area contributed by atoms with Crippen LogP contribution < -0.4 is 9.47 Å². The van der Waals surface area contributed by atoms with Crippen molar-refractivity contribution in [2.24, 2.45) is 0 Å². The van der Waals surface area contributed by atoms with Crippen LogP contribution in [-0.4, -0.2) is 39.8 Å². The normalized spacial score (nSPS) is 13.8. The average molecular weight is 589 g/mol. The predicted octanol–water partition coefficient (Wildman–Crippen LogP) is 6.88. The monoisotopic (exact) mass is 588 g/mol. The van der Waals surface area contributed by atoms with Gasteiger partial charge in [-0.25, -0.2) is 9.89 Å². The van der Waals surface area contributed by atoms with Gasteiger partial charge >= 0.3 is 5.97 Å². The summed E-state index contributed by atoms with van der Waals surface area (Å²) in [6.07, 6.45) is 2.94. The number of aromatic amines is 1. The second-order valence-electron chi connectivity index (χ2n) is 11.3. The maximum atomic E-state index is 12.2. The van der Waals surface area contributed by atoms with Gasteiger partial charge in [-0.1, -0.05) is 42.5 Å². The van der Waals surface area contributed by atoms with Gasteiger partial charge in [-0.3, -0.25) is 0 Å². The minimum atomic E-state index is -0.349. The molecule has 8 nitrogen and oxygen atoms in total. The summed E-state index contributed by atoms with van der Waals surface area (Å²) in [6, 6.07) is 25.9. The van der Waals surface area contributed by atoms with E-state index in [2.05, 4.69) is 77.8 Å². The lowest BCUT2D eigenvalue weighted by molar-refractivity contribution is 0.0450. The van der Waals surface area contributed by atoms with E-state index in [1.165, 1.54) is 27.8 Å². The molecule has 6 rings (SSSR count). The number of ether oxygens (including phenoxy) is 3. The lowest BCUT2D eigenvalue weighted by Gasteiger charge is -2.18. The van der Waals surface area contributed by atoms with E-state index in [9.17, 15) is 4.79 Å². The number of carbonyl (C=O) groups is 1. The van der Waals surface area contributed by atoms with Crippen molar-refractivity contribution in [2.45, 2.75) is 52.6 Å². The van der Waals surface area contributed by atoms with Gasteiger partial charge in [0.05, 0.1) is 5.56 Å². The Labute approximate surface area is 257 Å². The maximum Gasteiger partial charge on any atom is 0.338 e. The highest BCUT2D eigenvalue weighted by molar-refractivity contribution is 5.89. The highest BCUT2D eigenvalue weighted by atomic mass is 16.6. The van der Waals surface area contributed by atoms with E-state index in [-0.39, 0.29) is 19.2 Å². The van der Waals surface area contributed by atoms with Crippen LogP contribution in [0.4, 0.5) is 0 Å². The molecule has 44 heavy (non-hydrogen) atoms. The number of nitrogens with one attached hydrogen (secondary N) is 1. The molecule has 0 spiro atoms. The molecule has 224 valence electrons. The number of nitrogens with zero attached hydrogens (tertiary/aromatic N) is 3. The van der Waals surface area contributed by atoms with Gasteiger partial charge in [0.25, 0.3) is 0 Å². The number of H-pyrrole nitrogens is 1. The SMILES string of the molecule is Cc1cc(OCCOC(=O)c2ccccc2)cc(C)c1-c1cccc(COc2ccc3c(c2)CCC3Cc2nnn[nH]2)c1C. The molecule has 0 radical (unpaired) electrons. The van der Waals surface area contributed by atoms with E-state index in [0.29, 0.717) is 18.1 Å². The summed E-state index contributed by atoms with van der Waals surface area (Å²) in [5.41, 5.74) is 10.2. The number of benzene rings is 4. The molecular formula is C36H36N4O4. The van der Waals surface area contributed by atoms with Crippen LogP contribution in [0.25, 0.3) is 11.1 Å². The Morgan fingerprint density at radius 3 is 2.48 bits per heavy atom. The van der Waals surface area contributed by atoms with E-state index >= 15 is 0 Å². The molecule has 1 atom stereocenters. The van der Waals surface area contributed by atoms with Crippen LogP contribution in [0, 0.1) is 20.8 Å². The van der Waals surface area contributed by atoms with Crippen LogP contribution in [0.1, 0.15) is 61.9 Å². The van der Waals surface area contributed by atoms with Crippen molar-refractivity contribution < 1.29 is 19.0 Å². The molecule has 8 heteroatoms. The number of aryl methyl sites for hydroxylation is 3. The van der Waals surface area contributed by atoms with Crippen molar-refractivity contribution in [3.63, 3.8) is 0 Å². The minimum Gasteiger partial charge on any atom is -0.490 e. The molecule has 1 aliphatic carbocycles. The molecular weight excluding hydrogens is 552 g/mol. The van der Waals surface area contributed by atoms with Crippen LogP contribution in [-0.2, 0) is 24.2 Å². The van der Waals surface area contributed by atoms with Gasteiger partial charge in [-0.15, -0.1) is 5.10 Å². The first-order chi connectivity index (χ1) is 21.5. The van der Waals surface area contributed by atoms with Crippen molar-refractivity contribution in [1.82, 2.24) is 20.6 Å². The molecule has 0 bridgehead atoms. The lowest BCUT2D eigenvalue weighted by atomic mass is 9.90. The minimum absolute atomic E-state index is 0.180. The van der Waals surface area contributed by atoms with Crippen LogP contribution in [0.15, 0.2) is 78.9 Å². The Morgan fingerprint density at radius 2 is 1.70 bits per heavy atom. The Balaban J connectivity index is 1.08. The van der Waals surface area contributed by atoms with E-state index in [1.807, 2.05) is 30.3 Å². The number of rotatable bonds is 11. The number of hydrogen-bond donors (Lipinski definition) is 1. The summed E-state index contributed by atoms with van der Waals surface area (Å²) < 4.78 is 17.6. The number of aromatic nitrogens is 4. The smallest absolute Gasteiger partial charge is 0.338 e. The molecule has 1 aromatic heterocycles. The lowest BCUT2D eigenvalue weighted by Crippen LogP contribution is -2.12. The second kappa shape index (κ2) is 13.1. The summed E-state index contributed by atoms with van der Waals surface area (Å²) in [7, 11) is 0. The van der Waals surface area contributed by atoms with E-state index in [0.717, 1.165) is 53.3 Å². The van der Waals surface area contributed by atoms with Gasteiger partial charge in [0, 0.05) is 6.42 Å². The summed E-state index contributed by atoms with van der Waals surface area (Å²) >= 11 is 0. The summed E-state index contributed by atoms with van der Waals surface area (Å²) in [6.45, 7) is 7.31. The third-order valence-electron chi connectivity index (χ3n) is 8.36. The van der Waals surface area contributed by atoms with E-state index < -0.39 is 0 Å². The van der Waals surface area contributed by atoms with Crippen molar-refractivity contribution in [1.29, 1.82) is 0 Å². The molecule has 1 N–H and O–H groups in total. The van der Waals surface area contributed by atoms with Gasteiger partial charge in [0.2, 0.25) is 0 Å². The van der Waals surface area contributed by atoms with Gasteiger partial charge in [0.15, 0.2) is 0 Å². The van der Waals surface area contributed by atoms with Crippen LogP contribution in [0.3, 0.4) is 0 Å². The fourth-order valence-corrected chi connectivity index (χ4v) is 6.14. The maximum absolute atomic E-state index is 12.2. The molecule has 1 unspecified atom stereocenters. The molecule has 0 saturated carbocycles. The number of esters is 1. The Kier molecular flexibility index (Phi) is 8.68. The Morgan fingerprint density at radius 1 is 0.886 bits per heavy atom. The van der Waals surface area contributed by atoms with Crippen molar-refractivity contribution in [3.05, 3.63) is 124 Å². The van der Waals surface area contributed by atoms with E-state index in [4.69, 9.17) is 14.2 Å².